The number of hydrogen-bond acceptors (Lipinski definition) is 7. The van der Waals surface area contributed by atoms with E-state index >= 15 is 0 Å². The van der Waals surface area contributed by atoms with E-state index in [4.69, 9.17) is 28.4 Å². The standard InChI is InChI=1S/C12H8Cl2N6O2S/c13-6-2-1-5(3-7(6)14)12-16-8(4-23-12)15-10-9(11(21)19-22)17-20-18-10/h1-4,22H,(H,19,21)(H2,15,17,18,20). The van der Waals surface area contributed by atoms with Gasteiger partial charge < -0.3 is 5.32 Å². The lowest BCUT2D eigenvalue weighted by molar-refractivity contribution is 0.0701. The normalized spacial score (nSPS) is 10.6. The van der Waals surface area contributed by atoms with Crippen molar-refractivity contribution in [3.05, 3.63) is 39.3 Å². The molecule has 1 aromatic carbocycles. The van der Waals surface area contributed by atoms with Gasteiger partial charge in [-0.15, -0.1) is 21.5 Å². The van der Waals surface area contributed by atoms with E-state index in [0.29, 0.717) is 20.9 Å². The monoisotopic (exact) mass is 370 g/mol. The number of nitrogens with zero attached hydrogens (tertiary/aromatic N) is 3. The number of hydrogen-bond donors (Lipinski definition) is 4. The van der Waals surface area contributed by atoms with Crippen LogP contribution >= 0.6 is 34.5 Å². The molecule has 11 heteroatoms. The Hall–Kier alpha value is -2.20. The van der Waals surface area contributed by atoms with Crippen LogP contribution in [-0.2, 0) is 0 Å². The molecule has 1 amide bonds. The molecule has 3 rings (SSSR count). The second-order valence-electron chi connectivity index (χ2n) is 4.25. The Labute approximate surface area is 143 Å². The van der Waals surface area contributed by atoms with Crippen molar-refractivity contribution in [2.24, 2.45) is 0 Å². The average molecular weight is 371 g/mol. The summed E-state index contributed by atoms with van der Waals surface area (Å²) in [6.07, 6.45) is 0. The van der Waals surface area contributed by atoms with Crippen molar-refractivity contribution in [1.82, 2.24) is 25.9 Å². The largest absolute Gasteiger partial charge is 0.321 e. The Morgan fingerprint density at radius 2 is 2.09 bits per heavy atom. The highest BCUT2D eigenvalue weighted by Gasteiger charge is 2.17. The van der Waals surface area contributed by atoms with Gasteiger partial charge in [-0.2, -0.15) is 5.21 Å². The van der Waals surface area contributed by atoms with Crippen molar-refractivity contribution in [3.8, 4) is 10.6 Å². The minimum Gasteiger partial charge on any atom is -0.321 e. The zero-order valence-corrected chi connectivity index (χ0v) is 13.5. The van der Waals surface area contributed by atoms with E-state index in [9.17, 15) is 4.79 Å². The smallest absolute Gasteiger partial charge is 0.299 e. The van der Waals surface area contributed by atoms with Gasteiger partial charge >= 0.3 is 0 Å². The van der Waals surface area contributed by atoms with E-state index in [1.807, 2.05) is 0 Å². The summed E-state index contributed by atoms with van der Waals surface area (Å²) >= 11 is 13.3. The van der Waals surface area contributed by atoms with Gasteiger partial charge in [0.1, 0.15) is 10.8 Å². The summed E-state index contributed by atoms with van der Waals surface area (Å²) in [5.74, 6) is -0.180. The van der Waals surface area contributed by atoms with Crippen molar-refractivity contribution in [2.75, 3.05) is 5.32 Å². The van der Waals surface area contributed by atoms with Gasteiger partial charge in [0, 0.05) is 10.9 Å². The fraction of sp³-hybridized carbons (Fsp3) is 0. The number of H-pyrrole nitrogens is 1. The van der Waals surface area contributed by atoms with Crippen molar-refractivity contribution in [1.29, 1.82) is 0 Å². The molecular weight excluding hydrogens is 363 g/mol. The molecule has 0 unspecified atom stereocenters. The first-order chi connectivity index (χ1) is 11.1. The summed E-state index contributed by atoms with van der Waals surface area (Å²) in [7, 11) is 0. The number of hydroxylamine groups is 1. The van der Waals surface area contributed by atoms with Crippen molar-refractivity contribution in [3.63, 3.8) is 0 Å². The molecular formula is C12H8Cl2N6O2S. The Morgan fingerprint density at radius 3 is 2.83 bits per heavy atom. The molecule has 0 aliphatic rings. The minimum absolute atomic E-state index is 0.0865. The predicted octanol–water partition coefficient (Wildman–Crippen LogP) is 3.10. The lowest BCUT2D eigenvalue weighted by Crippen LogP contribution is -2.20. The van der Waals surface area contributed by atoms with Crippen LogP contribution in [0.5, 0.6) is 0 Å². The molecule has 0 bridgehead atoms. The first-order valence-electron chi connectivity index (χ1n) is 6.11. The fourth-order valence-corrected chi connectivity index (χ4v) is 2.79. The van der Waals surface area contributed by atoms with Crippen molar-refractivity contribution < 1.29 is 10.0 Å². The second kappa shape index (κ2) is 6.50. The van der Waals surface area contributed by atoms with Crippen LogP contribution in [0, 0.1) is 0 Å². The van der Waals surface area contributed by atoms with Gasteiger partial charge in [0.15, 0.2) is 11.5 Å². The third kappa shape index (κ3) is 3.27. The molecule has 0 radical (unpaired) electrons. The summed E-state index contributed by atoms with van der Waals surface area (Å²) in [4.78, 5) is 15.8. The van der Waals surface area contributed by atoms with E-state index in [2.05, 4.69) is 25.7 Å². The van der Waals surface area contributed by atoms with Crippen LogP contribution in [0.2, 0.25) is 10.0 Å². The molecule has 0 aliphatic carbocycles. The molecule has 23 heavy (non-hydrogen) atoms. The molecule has 0 saturated carbocycles. The van der Waals surface area contributed by atoms with E-state index < -0.39 is 5.91 Å². The maximum Gasteiger partial charge on any atom is 0.299 e. The van der Waals surface area contributed by atoms with Gasteiger partial charge in [-0.3, -0.25) is 10.0 Å². The molecule has 3 aromatic rings. The Bertz CT molecular complexity index is 865. The third-order valence-corrected chi connectivity index (χ3v) is 4.41. The van der Waals surface area contributed by atoms with Crippen LogP contribution in [-0.4, -0.2) is 31.5 Å². The molecule has 8 nitrogen and oxygen atoms in total. The zero-order valence-electron chi connectivity index (χ0n) is 11.2. The number of rotatable bonds is 4. The number of benzene rings is 1. The highest BCUT2D eigenvalue weighted by molar-refractivity contribution is 7.13. The van der Waals surface area contributed by atoms with Crippen LogP contribution in [0.25, 0.3) is 10.6 Å². The topological polar surface area (TPSA) is 116 Å². The summed E-state index contributed by atoms with van der Waals surface area (Å²) in [6.45, 7) is 0. The SMILES string of the molecule is O=C(NO)c1n[nH]nc1Nc1csc(-c2ccc(Cl)c(Cl)c2)n1. The Morgan fingerprint density at radius 1 is 1.26 bits per heavy atom. The molecule has 0 fully saturated rings. The summed E-state index contributed by atoms with van der Waals surface area (Å²) in [5, 5.41) is 24.6. The number of amides is 1. The van der Waals surface area contributed by atoms with E-state index in [1.165, 1.54) is 16.8 Å². The van der Waals surface area contributed by atoms with Gasteiger partial charge in [0.2, 0.25) is 0 Å². The molecule has 0 saturated heterocycles. The highest BCUT2D eigenvalue weighted by atomic mass is 35.5. The predicted molar refractivity (Wildman–Crippen MR) is 86.5 cm³/mol. The van der Waals surface area contributed by atoms with E-state index in [-0.39, 0.29) is 11.5 Å². The Balaban J connectivity index is 1.84. The molecule has 0 atom stereocenters. The fourth-order valence-electron chi connectivity index (χ4n) is 1.74. The highest BCUT2D eigenvalue weighted by Crippen LogP contribution is 2.32. The van der Waals surface area contributed by atoms with Crippen molar-refractivity contribution in [2.45, 2.75) is 0 Å². The molecule has 118 valence electrons. The van der Waals surface area contributed by atoms with Crippen LogP contribution in [0.15, 0.2) is 23.6 Å². The van der Waals surface area contributed by atoms with Gasteiger partial charge in [0.25, 0.3) is 5.91 Å². The number of carbonyl (C=O) groups is 1. The van der Waals surface area contributed by atoms with Crippen LogP contribution < -0.4 is 10.8 Å². The number of thiazole rings is 1. The van der Waals surface area contributed by atoms with E-state index in [0.717, 1.165) is 5.56 Å². The summed E-state index contributed by atoms with van der Waals surface area (Å²) in [5.41, 5.74) is 2.21. The molecule has 0 spiro atoms. The van der Waals surface area contributed by atoms with Crippen LogP contribution in [0.1, 0.15) is 10.5 Å². The summed E-state index contributed by atoms with van der Waals surface area (Å²) < 4.78 is 0. The number of anilines is 2. The zero-order chi connectivity index (χ0) is 16.4. The Kier molecular flexibility index (Phi) is 4.44. The van der Waals surface area contributed by atoms with Gasteiger partial charge in [-0.1, -0.05) is 29.3 Å². The second-order valence-corrected chi connectivity index (χ2v) is 5.93. The van der Waals surface area contributed by atoms with Gasteiger partial charge in [0.05, 0.1) is 10.0 Å². The number of aromatic amines is 1. The lowest BCUT2D eigenvalue weighted by Gasteiger charge is -2.01. The minimum atomic E-state index is -0.791. The molecule has 0 aliphatic heterocycles. The summed E-state index contributed by atoms with van der Waals surface area (Å²) in [6, 6.07) is 5.21. The number of carbonyl (C=O) groups excluding carboxylic acids is 1. The first-order valence-corrected chi connectivity index (χ1v) is 7.75. The van der Waals surface area contributed by atoms with Crippen LogP contribution in [0.3, 0.4) is 0 Å². The molecule has 4 N–H and O–H groups in total. The third-order valence-electron chi connectivity index (χ3n) is 2.78. The first kappa shape index (κ1) is 15.7. The maximum atomic E-state index is 11.4. The molecule has 2 aromatic heterocycles. The van der Waals surface area contributed by atoms with Crippen molar-refractivity contribution >= 4 is 52.1 Å². The maximum absolute atomic E-state index is 11.4. The lowest BCUT2D eigenvalue weighted by atomic mass is 10.2. The molecule has 2 heterocycles. The quantitative estimate of drug-likeness (QED) is 0.414. The van der Waals surface area contributed by atoms with Gasteiger partial charge in [-0.25, -0.2) is 10.5 Å². The number of halogens is 2. The van der Waals surface area contributed by atoms with Crippen LogP contribution in [0.4, 0.5) is 11.6 Å². The van der Waals surface area contributed by atoms with E-state index in [1.54, 1.807) is 23.6 Å². The van der Waals surface area contributed by atoms with Gasteiger partial charge in [-0.05, 0) is 12.1 Å². The number of nitrogens with one attached hydrogen (secondary N) is 3. The number of aromatic nitrogens is 4. The average Bonchev–Trinajstić information content (AvgIpc) is 3.19.